The summed E-state index contributed by atoms with van der Waals surface area (Å²) < 4.78 is 5.22. The third-order valence-electron chi connectivity index (χ3n) is 5.84. The van der Waals surface area contributed by atoms with Gasteiger partial charge in [0.2, 0.25) is 11.8 Å². The van der Waals surface area contributed by atoms with Crippen molar-refractivity contribution in [3.8, 4) is 5.75 Å². The lowest BCUT2D eigenvalue weighted by molar-refractivity contribution is -0.133. The molecule has 2 heterocycles. The van der Waals surface area contributed by atoms with E-state index in [9.17, 15) is 9.59 Å². The Morgan fingerprint density at radius 3 is 2.17 bits per heavy atom. The second-order valence-corrected chi connectivity index (χ2v) is 7.66. The van der Waals surface area contributed by atoms with E-state index in [0.717, 1.165) is 35.8 Å². The van der Waals surface area contributed by atoms with Crippen LogP contribution in [0.3, 0.4) is 0 Å². The molecule has 0 N–H and O–H groups in total. The Morgan fingerprint density at radius 2 is 1.55 bits per heavy atom. The Bertz CT molecular complexity index is 871. The van der Waals surface area contributed by atoms with Crippen LogP contribution in [0.2, 0.25) is 0 Å². The van der Waals surface area contributed by atoms with Gasteiger partial charge in [0.25, 0.3) is 0 Å². The number of ether oxygens (including phenoxy) is 1. The lowest BCUT2D eigenvalue weighted by Gasteiger charge is -2.38. The maximum Gasteiger partial charge on any atom is 0.245 e. The van der Waals surface area contributed by atoms with Crippen LogP contribution in [0.1, 0.15) is 18.4 Å². The third-order valence-corrected chi connectivity index (χ3v) is 5.84. The zero-order valence-corrected chi connectivity index (χ0v) is 17.0. The van der Waals surface area contributed by atoms with Gasteiger partial charge in [0.1, 0.15) is 11.8 Å². The molecule has 2 aliphatic rings. The molecule has 2 aromatic rings. The van der Waals surface area contributed by atoms with Gasteiger partial charge in [-0.2, -0.15) is 0 Å². The van der Waals surface area contributed by atoms with Gasteiger partial charge in [0.15, 0.2) is 0 Å². The highest BCUT2D eigenvalue weighted by Gasteiger charge is 2.39. The van der Waals surface area contributed by atoms with E-state index in [1.54, 1.807) is 12.0 Å². The van der Waals surface area contributed by atoms with Gasteiger partial charge in [-0.1, -0.05) is 17.7 Å². The Labute approximate surface area is 171 Å². The second-order valence-electron chi connectivity index (χ2n) is 7.66. The average molecular weight is 393 g/mol. The van der Waals surface area contributed by atoms with Crippen molar-refractivity contribution in [3.05, 3.63) is 54.1 Å². The maximum atomic E-state index is 13.2. The van der Waals surface area contributed by atoms with Crippen molar-refractivity contribution in [2.24, 2.45) is 0 Å². The highest BCUT2D eigenvalue weighted by molar-refractivity contribution is 6.03. The summed E-state index contributed by atoms with van der Waals surface area (Å²) in [6.07, 6.45) is 1.01. The average Bonchev–Trinajstić information content (AvgIpc) is 3.15. The summed E-state index contributed by atoms with van der Waals surface area (Å²) >= 11 is 0. The minimum absolute atomic E-state index is 0.0315. The van der Waals surface area contributed by atoms with E-state index in [4.69, 9.17) is 4.74 Å². The van der Waals surface area contributed by atoms with Crippen LogP contribution < -0.4 is 14.5 Å². The van der Waals surface area contributed by atoms with Gasteiger partial charge in [-0.3, -0.25) is 14.5 Å². The van der Waals surface area contributed by atoms with Crippen LogP contribution in [0.15, 0.2) is 48.5 Å². The van der Waals surface area contributed by atoms with Crippen LogP contribution in [0.4, 0.5) is 11.4 Å². The normalized spacial score (nSPS) is 19.6. The minimum Gasteiger partial charge on any atom is -0.497 e. The number of amides is 2. The molecule has 0 saturated carbocycles. The molecule has 0 aliphatic carbocycles. The topological polar surface area (TPSA) is 53.1 Å². The van der Waals surface area contributed by atoms with Gasteiger partial charge < -0.3 is 14.5 Å². The second kappa shape index (κ2) is 8.15. The first-order chi connectivity index (χ1) is 14.1. The number of carbonyl (C=O) groups is 2. The molecular formula is C23H27N3O3. The number of rotatable bonds is 4. The van der Waals surface area contributed by atoms with Crippen molar-refractivity contribution < 1.29 is 14.3 Å². The molecule has 6 heteroatoms. The number of carbonyl (C=O) groups excluding carboxylic acids is 2. The lowest BCUT2D eigenvalue weighted by atomic mass is 10.1. The van der Waals surface area contributed by atoms with Gasteiger partial charge in [0.05, 0.1) is 7.11 Å². The van der Waals surface area contributed by atoms with Gasteiger partial charge in [-0.05, 0) is 49.7 Å². The van der Waals surface area contributed by atoms with E-state index in [1.165, 1.54) is 0 Å². The number of benzene rings is 2. The van der Waals surface area contributed by atoms with Crippen LogP contribution in [0, 0.1) is 6.92 Å². The van der Waals surface area contributed by atoms with Crippen molar-refractivity contribution in [1.29, 1.82) is 0 Å². The molecule has 2 aromatic carbocycles. The Kier molecular flexibility index (Phi) is 5.43. The highest BCUT2D eigenvalue weighted by Crippen LogP contribution is 2.29. The first-order valence-electron chi connectivity index (χ1n) is 10.1. The largest absolute Gasteiger partial charge is 0.497 e. The van der Waals surface area contributed by atoms with Gasteiger partial charge in [0, 0.05) is 44.0 Å². The molecule has 29 heavy (non-hydrogen) atoms. The molecule has 2 saturated heterocycles. The smallest absolute Gasteiger partial charge is 0.245 e. The zero-order chi connectivity index (χ0) is 20.4. The molecule has 1 unspecified atom stereocenters. The monoisotopic (exact) mass is 393 g/mol. The molecule has 152 valence electrons. The number of anilines is 2. The van der Waals surface area contributed by atoms with Crippen LogP contribution >= 0.6 is 0 Å². The Balaban J connectivity index is 1.42. The molecule has 0 radical (unpaired) electrons. The molecule has 0 aromatic heterocycles. The summed E-state index contributed by atoms with van der Waals surface area (Å²) in [6, 6.07) is 15.4. The number of hydrogen-bond acceptors (Lipinski definition) is 4. The van der Waals surface area contributed by atoms with Crippen molar-refractivity contribution in [3.63, 3.8) is 0 Å². The fourth-order valence-corrected chi connectivity index (χ4v) is 4.14. The van der Waals surface area contributed by atoms with Crippen LogP contribution in [0.5, 0.6) is 5.75 Å². The summed E-state index contributed by atoms with van der Waals surface area (Å²) in [5.74, 6) is 0.930. The highest BCUT2D eigenvalue weighted by atomic mass is 16.5. The summed E-state index contributed by atoms with van der Waals surface area (Å²) in [5, 5.41) is 0. The van der Waals surface area contributed by atoms with Gasteiger partial charge in [-0.25, -0.2) is 0 Å². The number of aryl methyl sites for hydroxylation is 1. The number of methoxy groups -OCH3 is 1. The van der Waals surface area contributed by atoms with E-state index in [2.05, 4.69) is 4.90 Å². The predicted molar refractivity (Wildman–Crippen MR) is 113 cm³/mol. The molecule has 0 spiro atoms. The van der Waals surface area contributed by atoms with Crippen molar-refractivity contribution in [2.75, 3.05) is 43.1 Å². The van der Waals surface area contributed by atoms with E-state index in [1.807, 2.05) is 60.4 Å². The standard InChI is InChI=1S/C23H27N3O3/c1-17-3-5-19(6-4-17)26-21(11-12-22(26)27)23(28)25-15-13-24(14-16-25)18-7-9-20(29-2)10-8-18/h3-10,21H,11-16H2,1-2H3. The number of nitrogens with zero attached hydrogens (tertiary/aromatic N) is 3. The van der Waals surface area contributed by atoms with Crippen molar-refractivity contribution in [1.82, 2.24) is 4.90 Å². The summed E-state index contributed by atoms with van der Waals surface area (Å²) in [6.45, 7) is 4.90. The van der Waals surface area contributed by atoms with Crippen LogP contribution in [-0.4, -0.2) is 56.0 Å². The summed E-state index contributed by atoms with van der Waals surface area (Å²) in [5.41, 5.74) is 3.08. The molecule has 2 amide bonds. The first-order valence-corrected chi connectivity index (χ1v) is 10.1. The molecule has 2 aliphatic heterocycles. The Morgan fingerprint density at radius 1 is 0.931 bits per heavy atom. The molecule has 0 bridgehead atoms. The van der Waals surface area contributed by atoms with Gasteiger partial charge >= 0.3 is 0 Å². The minimum atomic E-state index is -0.391. The van der Waals surface area contributed by atoms with Gasteiger partial charge in [-0.15, -0.1) is 0 Å². The van der Waals surface area contributed by atoms with E-state index >= 15 is 0 Å². The maximum absolute atomic E-state index is 13.2. The van der Waals surface area contributed by atoms with Crippen molar-refractivity contribution in [2.45, 2.75) is 25.8 Å². The molecule has 4 rings (SSSR count). The fourth-order valence-electron chi connectivity index (χ4n) is 4.14. The zero-order valence-electron chi connectivity index (χ0n) is 17.0. The summed E-state index contributed by atoms with van der Waals surface area (Å²) in [7, 11) is 1.66. The fraction of sp³-hybridized carbons (Fsp3) is 0.391. The quantitative estimate of drug-likeness (QED) is 0.802. The Hall–Kier alpha value is -3.02. The first kappa shape index (κ1) is 19.3. The third kappa shape index (κ3) is 3.92. The van der Waals surface area contributed by atoms with E-state index in [-0.39, 0.29) is 11.8 Å². The lowest BCUT2D eigenvalue weighted by Crippen LogP contribution is -2.54. The molecule has 2 fully saturated rings. The van der Waals surface area contributed by atoms with Crippen molar-refractivity contribution >= 4 is 23.2 Å². The van der Waals surface area contributed by atoms with E-state index in [0.29, 0.717) is 25.9 Å². The van der Waals surface area contributed by atoms with E-state index < -0.39 is 6.04 Å². The molecule has 1 atom stereocenters. The molecule has 6 nitrogen and oxygen atoms in total. The SMILES string of the molecule is COc1ccc(N2CCN(C(=O)C3CCC(=O)N3c3ccc(C)cc3)CC2)cc1. The number of hydrogen-bond donors (Lipinski definition) is 0. The predicted octanol–water partition coefficient (Wildman–Crippen LogP) is 2.85. The van der Waals surface area contributed by atoms with Crippen LogP contribution in [-0.2, 0) is 9.59 Å². The van der Waals surface area contributed by atoms with Crippen LogP contribution in [0.25, 0.3) is 0 Å². The molecular weight excluding hydrogens is 366 g/mol. The summed E-state index contributed by atoms with van der Waals surface area (Å²) in [4.78, 5) is 31.6. The number of piperazine rings is 1.